The van der Waals surface area contributed by atoms with E-state index in [4.69, 9.17) is 5.41 Å². The Morgan fingerprint density at radius 3 is 2.06 bits per heavy atom. The van der Waals surface area contributed by atoms with Crippen molar-refractivity contribution in [3.05, 3.63) is 113 Å². The Hall–Kier alpha value is -3.90. The summed E-state index contributed by atoms with van der Waals surface area (Å²) in [4.78, 5) is 13.6. The average Bonchev–Trinajstić information content (AvgIpc) is 3.36. The Bertz CT molecular complexity index is 1140. The lowest BCUT2D eigenvalue weighted by atomic mass is 10.0. The molecule has 0 aliphatic rings. The van der Waals surface area contributed by atoms with Gasteiger partial charge in [0.25, 0.3) is 0 Å². The van der Waals surface area contributed by atoms with Crippen molar-refractivity contribution in [2.24, 2.45) is 0 Å². The van der Waals surface area contributed by atoms with Gasteiger partial charge < -0.3 is 16.0 Å². The van der Waals surface area contributed by atoms with Gasteiger partial charge in [0, 0.05) is 17.1 Å². The lowest BCUT2D eigenvalue weighted by Gasteiger charge is -2.20. The molecule has 5 nitrogen and oxygen atoms in total. The van der Waals surface area contributed by atoms with Crippen molar-refractivity contribution in [1.82, 2.24) is 5.32 Å². The summed E-state index contributed by atoms with van der Waals surface area (Å²) < 4.78 is 0. The van der Waals surface area contributed by atoms with Gasteiger partial charge in [0.05, 0.1) is 17.3 Å². The molecule has 0 aliphatic carbocycles. The summed E-state index contributed by atoms with van der Waals surface area (Å²) >= 11 is 1.50. The number of benzene rings is 3. The van der Waals surface area contributed by atoms with Crippen molar-refractivity contribution in [2.45, 2.75) is 12.5 Å². The predicted molar refractivity (Wildman–Crippen MR) is 133 cm³/mol. The smallest absolute Gasteiger partial charge is 0.226 e. The highest BCUT2D eigenvalue weighted by atomic mass is 32.1. The van der Waals surface area contributed by atoms with Crippen LogP contribution in [0.4, 0.5) is 17.1 Å². The molecule has 3 aromatic carbocycles. The molecule has 0 bridgehead atoms. The molecular weight excluding hydrogens is 416 g/mol. The predicted octanol–water partition coefficient (Wildman–Crippen LogP) is 6.18. The molecule has 1 heterocycles. The maximum Gasteiger partial charge on any atom is 0.226 e. The zero-order valence-electron chi connectivity index (χ0n) is 17.4. The fourth-order valence-electron chi connectivity index (χ4n) is 3.33. The van der Waals surface area contributed by atoms with Gasteiger partial charge in [0.2, 0.25) is 5.91 Å². The second-order valence-electron chi connectivity index (χ2n) is 7.28. The van der Waals surface area contributed by atoms with Crippen LogP contribution in [-0.2, 0) is 4.79 Å². The van der Waals surface area contributed by atoms with E-state index in [-0.39, 0.29) is 18.4 Å². The Balaban J connectivity index is 1.40. The Morgan fingerprint density at radius 2 is 1.41 bits per heavy atom. The topological polar surface area (TPSA) is 77.0 Å². The van der Waals surface area contributed by atoms with E-state index < -0.39 is 0 Å². The molecule has 0 fully saturated rings. The monoisotopic (exact) mass is 440 g/mol. The largest absolute Gasteiger partial charge is 0.362 e. The number of amides is 1. The molecule has 1 amide bonds. The van der Waals surface area contributed by atoms with E-state index in [1.807, 2.05) is 102 Å². The molecule has 0 saturated carbocycles. The second kappa shape index (κ2) is 10.4. The third kappa shape index (κ3) is 5.83. The minimum atomic E-state index is -0.301. The van der Waals surface area contributed by atoms with Crippen LogP contribution in [0.15, 0.2) is 102 Å². The fraction of sp³-hybridized carbons (Fsp3) is 0.0769. The van der Waals surface area contributed by atoms with Crippen LogP contribution in [0.25, 0.3) is 0 Å². The number of carbonyl (C=O) groups is 1. The van der Waals surface area contributed by atoms with Crippen molar-refractivity contribution in [2.75, 3.05) is 10.6 Å². The quantitative estimate of drug-likeness (QED) is 0.195. The number of thiophene rings is 1. The number of hydrogen-bond acceptors (Lipinski definition) is 4. The molecular formula is C26H24N4OS. The highest BCUT2D eigenvalue weighted by Gasteiger charge is 2.18. The molecule has 0 spiro atoms. The minimum absolute atomic E-state index is 0.117. The molecule has 4 aromatic rings. The summed E-state index contributed by atoms with van der Waals surface area (Å²) in [5.41, 5.74) is 3.65. The van der Waals surface area contributed by atoms with Crippen LogP contribution < -0.4 is 16.0 Å². The zero-order valence-corrected chi connectivity index (χ0v) is 18.2. The number of amidine groups is 1. The van der Waals surface area contributed by atoms with E-state index in [1.165, 1.54) is 11.3 Å². The summed E-state index contributed by atoms with van der Waals surface area (Å²) in [5, 5.41) is 19.8. The SMILES string of the molecule is N=C(NC(CC(=O)Nc1ccc(Nc2ccccc2)cc1)c1ccccc1)c1cccs1. The summed E-state index contributed by atoms with van der Waals surface area (Å²) in [7, 11) is 0. The second-order valence-corrected chi connectivity index (χ2v) is 8.23. The van der Waals surface area contributed by atoms with Gasteiger partial charge in [0.15, 0.2) is 0 Å². The van der Waals surface area contributed by atoms with Crippen molar-refractivity contribution in [3.63, 3.8) is 0 Å². The van der Waals surface area contributed by atoms with Crippen molar-refractivity contribution in [1.29, 1.82) is 5.41 Å². The van der Waals surface area contributed by atoms with E-state index in [2.05, 4.69) is 16.0 Å². The maximum absolute atomic E-state index is 12.8. The van der Waals surface area contributed by atoms with Gasteiger partial charge >= 0.3 is 0 Å². The number of rotatable bonds is 8. The molecule has 1 aromatic heterocycles. The van der Waals surface area contributed by atoms with Crippen LogP contribution in [0, 0.1) is 5.41 Å². The number of anilines is 3. The normalized spacial score (nSPS) is 11.4. The van der Waals surface area contributed by atoms with Crippen molar-refractivity contribution >= 4 is 40.1 Å². The first-order chi connectivity index (χ1) is 15.7. The first kappa shape index (κ1) is 21.3. The number of para-hydroxylation sites is 1. The minimum Gasteiger partial charge on any atom is -0.362 e. The number of nitrogens with one attached hydrogen (secondary N) is 4. The number of hydrogen-bond donors (Lipinski definition) is 4. The molecule has 0 saturated heterocycles. The molecule has 1 atom stereocenters. The summed E-state index contributed by atoms with van der Waals surface area (Å²) in [5.74, 6) is 0.201. The molecule has 4 N–H and O–H groups in total. The lowest BCUT2D eigenvalue weighted by molar-refractivity contribution is -0.116. The van der Waals surface area contributed by atoms with Crippen molar-refractivity contribution < 1.29 is 4.79 Å². The van der Waals surface area contributed by atoms with E-state index in [0.717, 1.165) is 27.5 Å². The van der Waals surface area contributed by atoms with Crippen LogP contribution in [0.2, 0.25) is 0 Å². The number of carbonyl (C=O) groups excluding carboxylic acids is 1. The Kier molecular flexibility index (Phi) is 6.94. The average molecular weight is 441 g/mol. The van der Waals surface area contributed by atoms with E-state index >= 15 is 0 Å². The molecule has 32 heavy (non-hydrogen) atoms. The van der Waals surface area contributed by atoms with Gasteiger partial charge in [-0.15, -0.1) is 11.3 Å². The first-order valence-electron chi connectivity index (χ1n) is 10.3. The van der Waals surface area contributed by atoms with Crippen LogP contribution in [0.1, 0.15) is 22.9 Å². The first-order valence-corrected chi connectivity index (χ1v) is 11.2. The molecule has 4 rings (SSSR count). The van der Waals surface area contributed by atoms with Gasteiger partial charge in [-0.25, -0.2) is 0 Å². The summed E-state index contributed by atoms with van der Waals surface area (Å²) in [6.45, 7) is 0. The van der Waals surface area contributed by atoms with Gasteiger partial charge in [-0.3, -0.25) is 10.2 Å². The lowest BCUT2D eigenvalue weighted by Crippen LogP contribution is -2.31. The molecule has 1 unspecified atom stereocenters. The molecule has 160 valence electrons. The Labute approximate surface area is 191 Å². The van der Waals surface area contributed by atoms with Crippen LogP contribution in [0.5, 0.6) is 0 Å². The Morgan fingerprint density at radius 1 is 0.781 bits per heavy atom. The van der Waals surface area contributed by atoms with Gasteiger partial charge in [-0.1, -0.05) is 54.6 Å². The molecule has 6 heteroatoms. The van der Waals surface area contributed by atoms with Crippen LogP contribution in [-0.4, -0.2) is 11.7 Å². The van der Waals surface area contributed by atoms with Gasteiger partial charge in [0.1, 0.15) is 5.84 Å². The van der Waals surface area contributed by atoms with E-state index in [1.54, 1.807) is 0 Å². The fourth-order valence-corrected chi connectivity index (χ4v) is 3.96. The van der Waals surface area contributed by atoms with Gasteiger partial charge in [-0.2, -0.15) is 0 Å². The molecule has 0 aliphatic heterocycles. The van der Waals surface area contributed by atoms with E-state index in [0.29, 0.717) is 5.84 Å². The van der Waals surface area contributed by atoms with Crippen LogP contribution in [0.3, 0.4) is 0 Å². The third-order valence-corrected chi connectivity index (χ3v) is 5.80. The van der Waals surface area contributed by atoms with E-state index in [9.17, 15) is 4.79 Å². The molecule has 0 radical (unpaired) electrons. The standard InChI is InChI=1S/C26H24N4OS/c27-26(24-12-7-17-32-24)30-23(19-8-3-1-4-9-19)18-25(31)29-22-15-13-21(14-16-22)28-20-10-5-2-6-11-20/h1-17,23,28H,18H2,(H2,27,30)(H,29,31). The highest BCUT2D eigenvalue weighted by Crippen LogP contribution is 2.22. The third-order valence-electron chi connectivity index (χ3n) is 4.91. The van der Waals surface area contributed by atoms with Crippen LogP contribution >= 0.6 is 11.3 Å². The highest BCUT2D eigenvalue weighted by molar-refractivity contribution is 7.12. The van der Waals surface area contributed by atoms with Crippen molar-refractivity contribution in [3.8, 4) is 0 Å². The zero-order chi connectivity index (χ0) is 22.2. The summed E-state index contributed by atoms with van der Waals surface area (Å²) in [6.07, 6.45) is 0.210. The van der Waals surface area contributed by atoms with Gasteiger partial charge in [-0.05, 0) is 53.4 Å². The summed E-state index contributed by atoms with van der Waals surface area (Å²) in [6, 6.07) is 30.8. The maximum atomic E-state index is 12.8.